The molecule has 100 valence electrons. The molecular formula is C13H16Cl3NO. The second-order valence-corrected chi connectivity index (χ2v) is 5.02. The first-order valence-corrected chi connectivity index (χ1v) is 6.89. The van der Waals surface area contributed by atoms with Crippen molar-refractivity contribution in [2.24, 2.45) is 5.73 Å². The summed E-state index contributed by atoms with van der Waals surface area (Å²) >= 11 is 17.6. The smallest absolute Gasteiger partial charge is 0.141 e. The van der Waals surface area contributed by atoms with Crippen LogP contribution in [0.1, 0.15) is 18.9 Å². The lowest BCUT2D eigenvalue weighted by atomic mass is 10.0. The lowest BCUT2D eigenvalue weighted by Crippen LogP contribution is -2.21. The molecule has 1 rings (SSSR count). The Morgan fingerprint density at radius 1 is 1.39 bits per heavy atom. The van der Waals surface area contributed by atoms with E-state index in [1.165, 1.54) is 5.54 Å². The van der Waals surface area contributed by atoms with Crippen LogP contribution in [-0.2, 0) is 6.42 Å². The Bertz CT molecular complexity index is 421. The largest absolute Gasteiger partial charge is 0.488 e. The second kappa shape index (κ2) is 7.90. The molecule has 1 aromatic carbocycles. The number of hydrogen-bond donors (Lipinski definition) is 1. The van der Waals surface area contributed by atoms with Gasteiger partial charge in [-0.2, -0.15) is 0 Å². The first-order chi connectivity index (χ1) is 8.58. The minimum absolute atomic E-state index is 0.0606. The molecule has 0 bridgehead atoms. The Kier molecular flexibility index (Phi) is 6.87. The maximum absolute atomic E-state index is 6.13. The summed E-state index contributed by atoms with van der Waals surface area (Å²) in [5.74, 6) is 0.625. The van der Waals surface area contributed by atoms with Gasteiger partial charge in [0.25, 0.3) is 0 Å². The van der Waals surface area contributed by atoms with E-state index in [-0.39, 0.29) is 6.04 Å². The third-order valence-corrected chi connectivity index (χ3v) is 3.18. The monoisotopic (exact) mass is 307 g/mol. The van der Waals surface area contributed by atoms with Gasteiger partial charge in [-0.25, -0.2) is 0 Å². The van der Waals surface area contributed by atoms with Crippen LogP contribution < -0.4 is 10.5 Å². The molecule has 1 aromatic rings. The average Bonchev–Trinajstić information content (AvgIpc) is 2.32. The van der Waals surface area contributed by atoms with E-state index in [9.17, 15) is 0 Å². The maximum atomic E-state index is 6.13. The van der Waals surface area contributed by atoms with Gasteiger partial charge in [0.15, 0.2) is 0 Å². The molecule has 0 saturated heterocycles. The van der Waals surface area contributed by atoms with Crippen LogP contribution in [0.15, 0.2) is 23.7 Å². The number of halogens is 3. The highest BCUT2D eigenvalue weighted by Gasteiger charge is 2.13. The predicted molar refractivity (Wildman–Crippen MR) is 78.9 cm³/mol. The molecule has 0 fully saturated rings. The number of ether oxygens (including phenoxy) is 1. The Morgan fingerprint density at radius 3 is 2.72 bits per heavy atom. The van der Waals surface area contributed by atoms with E-state index in [0.717, 1.165) is 12.0 Å². The summed E-state index contributed by atoms with van der Waals surface area (Å²) in [7, 11) is 0. The highest BCUT2D eigenvalue weighted by molar-refractivity contribution is 6.35. The molecule has 0 aliphatic carbocycles. The summed E-state index contributed by atoms with van der Waals surface area (Å²) in [5, 5.41) is 1.07. The van der Waals surface area contributed by atoms with Crippen LogP contribution in [0.25, 0.3) is 0 Å². The van der Waals surface area contributed by atoms with Gasteiger partial charge in [0.05, 0.1) is 5.02 Å². The molecule has 1 atom stereocenters. The van der Waals surface area contributed by atoms with Gasteiger partial charge in [0.1, 0.15) is 12.4 Å². The molecule has 2 N–H and O–H groups in total. The van der Waals surface area contributed by atoms with Crippen molar-refractivity contribution >= 4 is 34.8 Å². The normalized spacial score (nSPS) is 12.9. The van der Waals surface area contributed by atoms with Gasteiger partial charge in [0, 0.05) is 16.6 Å². The second-order valence-electron chi connectivity index (χ2n) is 3.92. The molecule has 0 amide bonds. The van der Waals surface area contributed by atoms with Crippen LogP contribution in [0.3, 0.4) is 0 Å². The zero-order chi connectivity index (χ0) is 13.5. The molecule has 18 heavy (non-hydrogen) atoms. The summed E-state index contributed by atoms with van der Waals surface area (Å²) in [6.07, 6.45) is 3.25. The van der Waals surface area contributed by atoms with E-state index in [1.54, 1.807) is 12.1 Å². The molecule has 0 aromatic heterocycles. The van der Waals surface area contributed by atoms with E-state index in [0.29, 0.717) is 28.8 Å². The van der Waals surface area contributed by atoms with Gasteiger partial charge >= 0.3 is 0 Å². The van der Waals surface area contributed by atoms with E-state index in [2.05, 4.69) is 0 Å². The van der Waals surface area contributed by atoms with Crippen molar-refractivity contribution in [1.82, 2.24) is 0 Å². The van der Waals surface area contributed by atoms with E-state index < -0.39 is 0 Å². The fraction of sp³-hybridized carbons (Fsp3) is 0.385. The summed E-state index contributed by atoms with van der Waals surface area (Å²) in [6, 6.07) is 3.55. The van der Waals surface area contributed by atoms with Gasteiger partial charge in [-0.05, 0) is 36.6 Å². The van der Waals surface area contributed by atoms with Crippen LogP contribution in [0.2, 0.25) is 10.0 Å². The first-order valence-electron chi connectivity index (χ1n) is 5.70. The third-order valence-electron chi connectivity index (χ3n) is 2.50. The minimum Gasteiger partial charge on any atom is -0.488 e. The van der Waals surface area contributed by atoms with Gasteiger partial charge in [-0.15, -0.1) is 0 Å². The summed E-state index contributed by atoms with van der Waals surface area (Å²) < 4.78 is 5.59. The molecule has 2 nitrogen and oxygen atoms in total. The number of rotatable bonds is 6. The summed E-state index contributed by atoms with van der Waals surface area (Å²) in [6.45, 7) is 2.40. The molecule has 0 spiro atoms. The zero-order valence-corrected chi connectivity index (χ0v) is 12.4. The number of nitrogens with two attached hydrogens (primary N) is 1. The number of hydrogen-bond acceptors (Lipinski definition) is 2. The minimum atomic E-state index is 0.0606. The maximum Gasteiger partial charge on any atom is 0.141 e. The van der Waals surface area contributed by atoms with Crippen molar-refractivity contribution in [3.8, 4) is 5.75 Å². The fourth-order valence-electron chi connectivity index (χ4n) is 1.52. The topological polar surface area (TPSA) is 35.2 Å². The average molecular weight is 309 g/mol. The Labute approximate surface area is 123 Å². The molecule has 5 heteroatoms. The highest BCUT2D eigenvalue weighted by Crippen LogP contribution is 2.33. The summed E-state index contributed by atoms with van der Waals surface area (Å²) in [4.78, 5) is 0. The van der Waals surface area contributed by atoms with Crippen molar-refractivity contribution in [1.29, 1.82) is 0 Å². The standard InChI is InChI=1S/C13H16Cl3NO/c1-2-11(17)7-9-6-10(15)8-12(16)13(9)18-5-3-4-14/h3-4,6,8,11H,2,5,7,17H2,1H3/b4-3+. The molecular weight excluding hydrogens is 293 g/mol. The van der Waals surface area contributed by atoms with Crippen molar-refractivity contribution in [2.45, 2.75) is 25.8 Å². The van der Waals surface area contributed by atoms with Gasteiger partial charge in [0.2, 0.25) is 0 Å². The Balaban J connectivity index is 2.96. The van der Waals surface area contributed by atoms with Crippen LogP contribution >= 0.6 is 34.8 Å². The van der Waals surface area contributed by atoms with Gasteiger partial charge in [-0.1, -0.05) is 41.7 Å². The molecule has 0 radical (unpaired) electrons. The fourth-order valence-corrected chi connectivity index (χ4v) is 2.18. The summed E-state index contributed by atoms with van der Waals surface area (Å²) in [5.41, 5.74) is 8.28. The molecule has 0 aliphatic heterocycles. The molecule has 0 saturated carbocycles. The Morgan fingerprint density at radius 2 is 2.11 bits per heavy atom. The lowest BCUT2D eigenvalue weighted by Gasteiger charge is -2.15. The van der Waals surface area contributed by atoms with E-state index in [1.807, 2.05) is 13.0 Å². The van der Waals surface area contributed by atoms with Crippen LogP contribution in [-0.4, -0.2) is 12.6 Å². The highest BCUT2D eigenvalue weighted by atomic mass is 35.5. The number of benzene rings is 1. The van der Waals surface area contributed by atoms with Gasteiger partial charge in [-0.3, -0.25) is 0 Å². The van der Waals surface area contributed by atoms with Crippen molar-refractivity contribution < 1.29 is 4.74 Å². The lowest BCUT2D eigenvalue weighted by molar-refractivity contribution is 0.358. The van der Waals surface area contributed by atoms with Crippen molar-refractivity contribution in [3.05, 3.63) is 39.4 Å². The van der Waals surface area contributed by atoms with E-state index >= 15 is 0 Å². The quantitative estimate of drug-likeness (QED) is 0.845. The third kappa shape index (κ3) is 4.69. The van der Waals surface area contributed by atoms with Gasteiger partial charge < -0.3 is 10.5 Å². The van der Waals surface area contributed by atoms with Crippen molar-refractivity contribution in [2.75, 3.05) is 6.61 Å². The van der Waals surface area contributed by atoms with Crippen LogP contribution in [0.4, 0.5) is 0 Å². The molecule has 0 aliphatic rings. The predicted octanol–water partition coefficient (Wildman–Crippen LogP) is 4.40. The van der Waals surface area contributed by atoms with Crippen molar-refractivity contribution in [3.63, 3.8) is 0 Å². The molecule has 1 unspecified atom stereocenters. The molecule has 0 heterocycles. The van der Waals surface area contributed by atoms with Crippen LogP contribution in [0.5, 0.6) is 5.75 Å². The van der Waals surface area contributed by atoms with Crippen LogP contribution in [0, 0.1) is 0 Å². The van der Waals surface area contributed by atoms with E-state index in [4.69, 9.17) is 45.3 Å². The zero-order valence-electron chi connectivity index (χ0n) is 10.1. The SMILES string of the molecule is CCC(N)Cc1cc(Cl)cc(Cl)c1OC/C=C/Cl. The first kappa shape index (κ1) is 15.6. The Hall–Kier alpha value is -0.410.